The molecule has 29 heavy (non-hydrogen) atoms. The van der Waals surface area contributed by atoms with Crippen LogP contribution in [0.5, 0.6) is 5.88 Å². The highest BCUT2D eigenvalue weighted by Gasteiger charge is 2.13. The number of hydrogen-bond acceptors (Lipinski definition) is 7. The van der Waals surface area contributed by atoms with Crippen molar-refractivity contribution in [2.24, 2.45) is 0 Å². The molecule has 2 amide bonds. The molecule has 3 aromatic rings. The molecule has 8 nitrogen and oxygen atoms in total. The van der Waals surface area contributed by atoms with Crippen LogP contribution < -0.4 is 15.4 Å². The van der Waals surface area contributed by atoms with Crippen LogP contribution in [0.1, 0.15) is 16.1 Å². The molecule has 0 aliphatic rings. The summed E-state index contributed by atoms with van der Waals surface area (Å²) in [5.41, 5.74) is 1.57. The summed E-state index contributed by atoms with van der Waals surface area (Å²) in [7, 11) is 1.58. The third-order valence-electron chi connectivity index (χ3n) is 3.72. The molecule has 150 valence electrons. The number of rotatable bonds is 9. The number of nitrogens with one attached hydrogen (secondary N) is 2. The van der Waals surface area contributed by atoms with Gasteiger partial charge in [-0.25, -0.2) is 9.97 Å². The lowest BCUT2D eigenvalue weighted by atomic mass is 10.2. The van der Waals surface area contributed by atoms with Gasteiger partial charge in [-0.3, -0.25) is 14.9 Å². The van der Waals surface area contributed by atoms with Gasteiger partial charge in [0.25, 0.3) is 5.91 Å². The fourth-order valence-electron chi connectivity index (χ4n) is 2.39. The first kappa shape index (κ1) is 20.4. The highest BCUT2D eigenvalue weighted by Crippen LogP contribution is 2.21. The summed E-state index contributed by atoms with van der Waals surface area (Å²) in [6, 6.07) is 12.3. The van der Waals surface area contributed by atoms with E-state index in [1.165, 1.54) is 11.3 Å². The fourth-order valence-corrected chi connectivity index (χ4v) is 3.09. The lowest BCUT2D eigenvalue weighted by Crippen LogP contribution is -2.16. The van der Waals surface area contributed by atoms with Crippen molar-refractivity contribution in [1.29, 1.82) is 0 Å². The second-order valence-electron chi connectivity index (χ2n) is 5.89. The van der Waals surface area contributed by atoms with Crippen molar-refractivity contribution < 1.29 is 19.1 Å². The first-order chi connectivity index (χ1) is 14.2. The van der Waals surface area contributed by atoms with E-state index in [2.05, 4.69) is 20.6 Å². The lowest BCUT2D eigenvalue weighted by Gasteiger charge is -2.10. The van der Waals surface area contributed by atoms with E-state index in [1.54, 1.807) is 55.1 Å². The van der Waals surface area contributed by atoms with E-state index in [9.17, 15) is 9.59 Å². The van der Waals surface area contributed by atoms with Crippen molar-refractivity contribution in [3.63, 3.8) is 0 Å². The molecular weight excluding hydrogens is 392 g/mol. The lowest BCUT2D eigenvalue weighted by molar-refractivity contribution is -0.115. The zero-order valence-electron chi connectivity index (χ0n) is 15.8. The summed E-state index contributed by atoms with van der Waals surface area (Å²) in [6.07, 6.45) is 1.64. The van der Waals surface area contributed by atoms with Crippen molar-refractivity contribution in [2.75, 3.05) is 31.0 Å². The smallest absolute Gasteiger partial charge is 0.257 e. The molecule has 0 fully saturated rings. The van der Waals surface area contributed by atoms with E-state index < -0.39 is 0 Å². The number of pyridine rings is 1. The van der Waals surface area contributed by atoms with Gasteiger partial charge in [-0.2, -0.15) is 0 Å². The molecule has 0 saturated carbocycles. The Balaban J connectivity index is 1.56. The Morgan fingerprint density at radius 1 is 1.07 bits per heavy atom. The molecule has 0 spiro atoms. The standard InChI is InChI=1S/C20H20N4O4S/c1-27-10-11-28-19-16(8-5-9-21-19)23-17(25)12-15-13-29-20(22-15)24-18(26)14-6-3-2-4-7-14/h2-9,13H,10-12H2,1H3,(H,23,25)(H,22,24,26). The third-order valence-corrected chi connectivity index (χ3v) is 4.53. The predicted octanol–water partition coefficient (Wildman–Crippen LogP) is 3.00. The molecule has 2 N–H and O–H groups in total. The first-order valence-electron chi connectivity index (χ1n) is 8.83. The number of benzene rings is 1. The first-order valence-corrected chi connectivity index (χ1v) is 9.71. The zero-order chi connectivity index (χ0) is 20.5. The highest BCUT2D eigenvalue weighted by atomic mass is 32.1. The van der Waals surface area contributed by atoms with Gasteiger partial charge in [0.15, 0.2) is 5.13 Å². The molecule has 1 aromatic carbocycles. The molecule has 9 heteroatoms. The van der Waals surface area contributed by atoms with Gasteiger partial charge in [-0.05, 0) is 24.3 Å². The summed E-state index contributed by atoms with van der Waals surface area (Å²) >= 11 is 1.26. The maximum atomic E-state index is 12.4. The second kappa shape index (κ2) is 10.3. The molecule has 0 aliphatic heterocycles. The number of thiazole rings is 1. The molecule has 2 heterocycles. The van der Waals surface area contributed by atoms with Crippen molar-refractivity contribution in [3.05, 3.63) is 65.3 Å². The molecule has 0 atom stereocenters. The van der Waals surface area contributed by atoms with Gasteiger partial charge in [-0.1, -0.05) is 18.2 Å². The van der Waals surface area contributed by atoms with Crippen LogP contribution in [0.15, 0.2) is 54.0 Å². The Labute approximate surface area is 171 Å². The summed E-state index contributed by atoms with van der Waals surface area (Å²) in [5, 5.41) is 7.68. The summed E-state index contributed by atoms with van der Waals surface area (Å²) in [4.78, 5) is 33.0. The average Bonchev–Trinajstić information content (AvgIpc) is 3.16. The van der Waals surface area contributed by atoms with Crippen molar-refractivity contribution in [1.82, 2.24) is 9.97 Å². The Morgan fingerprint density at radius 3 is 2.69 bits per heavy atom. The Morgan fingerprint density at radius 2 is 1.90 bits per heavy atom. The van der Waals surface area contributed by atoms with Crippen LogP contribution in [0.4, 0.5) is 10.8 Å². The zero-order valence-corrected chi connectivity index (χ0v) is 16.6. The number of carbonyl (C=O) groups is 2. The van der Waals surface area contributed by atoms with Gasteiger partial charge in [-0.15, -0.1) is 11.3 Å². The molecule has 0 bridgehead atoms. The molecule has 2 aromatic heterocycles. The van der Waals surface area contributed by atoms with Crippen LogP contribution in [-0.4, -0.2) is 42.1 Å². The van der Waals surface area contributed by atoms with Crippen LogP contribution in [0.25, 0.3) is 0 Å². The van der Waals surface area contributed by atoms with E-state index in [1.807, 2.05) is 6.07 Å². The Kier molecular flexibility index (Phi) is 7.26. The third kappa shape index (κ3) is 6.09. The predicted molar refractivity (Wildman–Crippen MR) is 110 cm³/mol. The molecular formula is C20H20N4O4S. The second-order valence-corrected chi connectivity index (χ2v) is 6.74. The molecule has 0 radical (unpaired) electrons. The minimum Gasteiger partial charge on any atom is -0.474 e. The number of nitrogens with zero attached hydrogens (tertiary/aromatic N) is 2. The SMILES string of the molecule is COCCOc1ncccc1NC(=O)Cc1csc(NC(=O)c2ccccc2)n1. The average molecular weight is 412 g/mol. The van der Waals surface area contributed by atoms with Crippen molar-refractivity contribution in [2.45, 2.75) is 6.42 Å². The Hall–Kier alpha value is -3.30. The largest absolute Gasteiger partial charge is 0.474 e. The van der Waals surface area contributed by atoms with Gasteiger partial charge in [0.1, 0.15) is 12.3 Å². The number of ether oxygens (including phenoxy) is 2. The minimum absolute atomic E-state index is 0.0596. The topological polar surface area (TPSA) is 102 Å². The van der Waals surface area contributed by atoms with Gasteiger partial charge in [0, 0.05) is 24.3 Å². The monoisotopic (exact) mass is 412 g/mol. The molecule has 0 unspecified atom stereocenters. The number of hydrogen-bond donors (Lipinski definition) is 2. The van der Waals surface area contributed by atoms with Crippen LogP contribution in [0.3, 0.4) is 0 Å². The molecule has 0 aliphatic carbocycles. The van der Waals surface area contributed by atoms with E-state index in [0.29, 0.717) is 41.2 Å². The number of methoxy groups -OCH3 is 1. The number of amides is 2. The number of aromatic nitrogens is 2. The van der Waals surface area contributed by atoms with E-state index in [4.69, 9.17) is 9.47 Å². The van der Waals surface area contributed by atoms with Crippen LogP contribution in [-0.2, 0) is 16.0 Å². The van der Waals surface area contributed by atoms with Crippen molar-refractivity contribution in [3.8, 4) is 5.88 Å². The molecule has 0 saturated heterocycles. The summed E-state index contributed by atoms with van der Waals surface area (Å²) in [6.45, 7) is 0.743. The summed E-state index contributed by atoms with van der Waals surface area (Å²) < 4.78 is 10.5. The Bertz CT molecular complexity index is 962. The minimum atomic E-state index is -0.263. The number of carbonyl (C=O) groups excluding carboxylic acids is 2. The van der Waals surface area contributed by atoms with Crippen LogP contribution >= 0.6 is 11.3 Å². The maximum absolute atomic E-state index is 12.4. The highest BCUT2D eigenvalue weighted by molar-refractivity contribution is 7.14. The van der Waals surface area contributed by atoms with Gasteiger partial charge in [0.2, 0.25) is 11.8 Å². The normalized spacial score (nSPS) is 10.4. The van der Waals surface area contributed by atoms with Crippen LogP contribution in [0.2, 0.25) is 0 Å². The van der Waals surface area contributed by atoms with E-state index >= 15 is 0 Å². The summed E-state index contributed by atoms with van der Waals surface area (Å²) in [5.74, 6) is -0.183. The van der Waals surface area contributed by atoms with Gasteiger partial charge < -0.3 is 14.8 Å². The van der Waals surface area contributed by atoms with Gasteiger partial charge in [0.05, 0.1) is 18.7 Å². The number of anilines is 2. The van der Waals surface area contributed by atoms with Crippen LogP contribution in [0, 0.1) is 0 Å². The quantitative estimate of drug-likeness (QED) is 0.524. The fraction of sp³-hybridized carbons (Fsp3) is 0.200. The maximum Gasteiger partial charge on any atom is 0.257 e. The van der Waals surface area contributed by atoms with Gasteiger partial charge >= 0.3 is 0 Å². The van der Waals surface area contributed by atoms with E-state index in [-0.39, 0.29) is 18.2 Å². The molecule has 3 rings (SSSR count). The van der Waals surface area contributed by atoms with E-state index in [0.717, 1.165) is 0 Å². The van der Waals surface area contributed by atoms with Crippen molar-refractivity contribution >= 4 is 34.0 Å².